The van der Waals surface area contributed by atoms with Gasteiger partial charge in [-0.3, -0.25) is 10.1 Å². The Balaban J connectivity index is 3.49. The van der Waals surface area contributed by atoms with Crippen LogP contribution in [0.4, 0.5) is 0 Å². The molecule has 0 heterocycles. The molecule has 23 heavy (non-hydrogen) atoms. The van der Waals surface area contributed by atoms with E-state index in [9.17, 15) is 14.9 Å². The maximum Gasteiger partial charge on any atom is 0.407 e. The van der Waals surface area contributed by atoms with E-state index in [-0.39, 0.29) is 0 Å². The van der Waals surface area contributed by atoms with E-state index >= 15 is 0 Å². The number of carboxylic acids is 1. The lowest BCUT2D eigenvalue weighted by atomic mass is 10.1. The molecule has 0 aliphatic rings. The Morgan fingerprint density at radius 3 is 1.87 bits per heavy atom. The Labute approximate surface area is 139 Å². The molecular formula is C18H31NO4. The van der Waals surface area contributed by atoms with Gasteiger partial charge in [0.1, 0.15) is 0 Å². The Morgan fingerprint density at radius 2 is 1.43 bits per heavy atom. The molecule has 0 fully saturated rings. The average Bonchev–Trinajstić information content (AvgIpc) is 2.50. The molecule has 0 rings (SSSR count). The molecule has 0 aromatic rings. The number of unbranched alkanes of at least 4 members (excludes halogenated alkanes) is 11. The lowest BCUT2D eigenvalue weighted by molar-refractivity contribution is -0.420. The summed E-state index contributed by atoms with van der Waals surface area (Å²) in [5, 5.41) is 19.0. The van der Waals surface area contributed by atoms with Crippen LogP contribution in [0.15, 0.2) is 23.9 Å². The van der Waals surface area contributed by atoms with Gasteiger partial charge in [0.2, 0.25) is 0 Å². The molecule has 0 aromatic carbocycles. The molecule has 0 unspecified atom stereocenters. The van der Waals surface area contributed by atoms with Crippen LogP contribution in [0.25, 0.3) is 0 Å². The molecule has 1 N–H and O–H groups in total. The number of aliphatic carboxylic acids is 1. The van der Waals surface area contributed by atoms with Crippen LogP contribution in [0.1, 0.15) is 84.0 Å². The highest BCUT2D eigenvalue weighted by Crippen LogP contribution is 2.12. The molecule has 0 aliphatic carbocycles. The van der Waals surface area contributed by atoms with Crippen LogP contribution in [0, 0.1) is 10.1 Å². The highest BCUT2D eigenvalue weighted by Gasteiger charge is 2.18. The SMILES string of the molecule is CCCCCCCCCCCCCC=CC=C(C(=O)O)[N+](=O)[O-]. The van der Waals surface area contributed by atoms with Crippen LogP contribution in [0.2, 0.25) is 0 Å². The standard InChI is InChI=1S/C18H31NO4/c1-2-3-4-5-6-7-8-9-10-11-12-13-14-15-16-17(18(20)21)19(22)23/h14-16H,2-13H2,1H3,(H,20,21). The molecule has 132 valence electrons. The van der Waals surface area contributed by atoms with Crippen molar-refractivity contribution in [2.45, 2.75) is 84.0 Å². The van der Waals surface area contributed by atoms with Gasteiger partial charge < -0.3 is 5.11 Å². The molecule has 0 spiro atoms. The van der Waals surface area contributed by atoms with Crippen LogP contribution in [0.3, 0.4) is 0 Å². The predicted molar refractivity (Wildman–Crippen MR) is 92.9 cm³/mol. The Bertz CT molecular complexity index is 372. The Kier molecular flexibility index (Phi) is 14.2. The number of allylic oxidation sites excluding steroid dienone is 3. The van der Waals surface area contributed by atoms with Crippen LogP contribution in [-0.2, 0) is 4.79 Å². The lowest BCUT2D eigenvalue weighted by Crippen LogP contribution is -2.09. The Morgan fingerprint density at radius 1 is 0.957 bits per heavy atom. The van der Waals surface area contributed by atoms with E-state index in [0.29, 0.717) is 0 Å². The minimum absolute atomic E-state index is 0.791. The summed E-state index contributed by atoms with van der Waals surface area (Å²) in [6.07, 6.45) is 19.3. The number of rotatable bonds is 15. The maximum absolute atomic E-state index is 10.6. The normalized spacial score (nSPS) is 12.0. The third-order valence-corrected chi connectivity index (χ3v) is 3.78. The van der Waals surface area contributed by atoms with Crippen molar-refractivity contribution in [1.29, 1.82) is 0 Å². The molecular weight excluding hydrogens is 294 g/mol. The van der Waals surface area contributed by atoms with Crippen molar-refractivity contribution in [2.75, 3.05) is 0 Å². The third kappa shape index (κ3) is 13.7. The smallest absolute Gasteiger partial charge is 0.407 e. The van der Waals surface area contributed by atoms with Gasteiger partial charge in [-0.25, -0.2) is 4.79 Å². The fourth-order valence-electron chi connectivity index (χ4n) is 2.39. The minimum atomic E-state index is -1.51. The topological polar surface area (TPSA) is 80.4 Å². The number of carboxylic acid groups (broad SMARTS) is 1. The zero-order valence-electron chi connectivity index (χ0n) is 14.3. The van der Waals surface area contributed by atoms with Gasteiger partial charge in [0.25, 0.3) is 0 Å². The van der Waals surface area contributed by atoms with Crippen LogP contribution in [0.5, 0.6) is 0 Å². The first-order chi connectivity index (χ1) is 11.1. The molecule has 0 aromatic heterocycles. The Hall–Kier alpha value is -1.65. The van der Waals surface area contributed by atoms with E-state index in [1.165, 1.54) is 63.9 Å². The van der Waals surface area contributed by atoms with Gasteiger partial charge in [0, 0.05) is 6.08 Å². The van der Waals surface area contributed by atoms with Gasteiger partial charge in [-0.15, -0.1) is 0 Å². The van der Waals surface area contributed by atoms with Crippen LogP contribution >= 0.6 is 0 Å². The van der Waals surface area contributed by atoms with Crippen molar-refractivity contribution in [3.8, 4) is 0 Å². The quantitative estimate of drug-likeness (QED) is 0.142. The number of nitrogens with zero attached hydrogens (tertiary/aromatic N) is 1. The zero-order chi connectivity index (χ0) is 17.3. The summed E-state index contributed by atoms with van der Waals surface area (Å²) in [5.74, 6) is -1.51. The first kappa shape index (κ1) is 21.4. The van der Waals surface area contributed by atoms with E-state index in [0.717, 1.165) is 25.3 Å². The fourth-order valence-corrected chi connectivity index (χ4v) is 2.39. The van der Waals surface area contributed by atoms with Gasteiger partial charge in [0.15, 0.2) is 0 Å². The van der Waals surface area contributed by atoms with Gasteiger partial charge in [-0.05, 0) is 12.8 Å². The second-order valence-corrected chi connectivity index (χ2v) is 5.87. The number of hydrogen-bond acceptors (Lipinski definition) is 3. The first-order valence-electron chi connectivity index (χ1n) is 8.84. The summed E-state index contributed by atoms with van der Waals surface area (Å²) in [6, 6.07) is 0. The van der Waals surface area contributed by atoms with Crippen molar-refractivity contribution in [3.63, 3.8) is 0 Å². The molecule has 0 radical (unpaired) electrons. The average molecular weight is 325 g/mol. The van der Waals surface area contributed by atoms with E-state index in [1.54, 1.807) is 6.08 Å². The summed E-state index contributed by atoms with van der Waals surface area (Å²) in [7, 11) is 0. The van der Waals surface area contributed by atoms with E-state index in [4.69, 9.17) is 5.11 Å². The summed E-state index contributed by atoms with van der Waals surface area (Å²) >= 11 is 0. The highest BCUT2D eigenvalue weighted by atomic mass is 16.6. The number of hydrogen-bond donors (Lipinski definition) is 1. The number of carbonyl (C=O) groups is 1. The van der Waals surface area contributed by atoms with Crippen molar-refractivity contribution in [2.24, 2.45) is 0 Å². The molecule has 0 amide bonds. The summed E-state index contributed by atoms with van der Waals surface area (Å²) in [4.78, 5) is 20.1. The number of nitro groups is 1. The van der Waals surface area contributed by atoms with Crippen molar-refractivity contribution in [1.82, 2.24) is 0 Å². The molecule has 0 saturated carbocycles. The first-order valence-corrected chi connectivity index (χ1v) is 8.84. The molecule has 0 aliphatic heterocycles. The van der Waals surface area contributed by atoms with E-state index < -0.39 is 16.6 Å². The monoisotopic (exact) mass is 325 g/mol. The molecule has 0 saturated heterocycles. The van der Waals surface area contributed by atoms with Crippen LogP contribution < -0.4 is 0 Å². The van der Waals surface area contributed by atoms with Crippen molar-refractivity contribution < 1.29 is 14.8 Å². The fraction of sp³-hybridized carbons (Fsp3) is 0.722. The lowest BCUT2D eigenvalue weighted by Gasteiger charge is -2.01. The summed E-state index contributed by atoms with van der Waals surface area (Å²) in [5.41, 5.74) is -0.791. The molecule has 0 atom stereocenters. The predicted octanol–water partition coefficient (Wildman–Crippen LogP) is 5.49. The summed E-state index contributed by atoms with van der Waals surface area (Å²) in [6.45, 7) is 2.23. The highest BCUT2D eigenvalue weighted by molar-refractivity contribution is 5.84. The van der Waals surface area contributed by atoms with Crippen LogP contribution in [-0.4, -0.2) is 16.0 Å². The van der Waals surface area contributed by atoms with Crippen molar-refractivity contribution >= 4 is 5.97 Å². The second-order valence-electron chi connectivity index (χ2n) is 5.87. The van der Waals surface area contributed by atoms with Crippen molar-refractivity contribution in [3.05, 3.63) is 34.0 Å². The second kappa shape index (κ2) is 15.3. The van der Waals surface area contributed by atoms with E-state index in [2.05, 4.69) is 6.92 Å². The van der Waals surface area contributed by atoms with E-state index in [1.807, 2.05) is 0 Å². The maximum atomic E-state index is 10.6. The largest absolute Gasteiger partial charge is 0.473 e. The van der Waals surface area contributed by atoms with Gasteiger partial charge >= 0.3 is 11.7 Å². The molecule has 5 nitrogen and oxygen atoms in total. The summed E-state index contributed by atoms with van der Waals surface area (Å²) < 4.78 is 0. The van der Waals surface area contributed by atoms with Gasteiger partial charge in [-0.1, -0.05) is 83.3 Å². The third-order valence-electron chi connectivity index (χ3n) is 3.78. The molecule has 5 heteroatoms. The molecule has 0 bridgehead atoms. The minimum Gasteiger partial charge on any atom is -0.473 e. The van der Waals surface area contributed by atoms with Gasteiger partial charge in [0.05, 0.1) is 4.92 Å². The van der Waals surface area contributed by atoms with Gasteiger partial charge in [-0.2, -0.15) is 0 Å². The zero-order valence-corrected chi connectivity index (χ0v) is 14.3.